The summed E-state index contributed by atoms with van der Waals surface area (Å²) in [5.74, 6) is 0. The van der Waals surface area contributed by atoms with Crippen LogP contribution in [0.15, 0.2) is 48.1 Å². The highest BCUT2D eigenvalue weighted by atomic mass is 32.1. The smallest absolute Gasteiger partial charge is 0.124 e. The number of thiazole rings is 1. The van der Waals surface area contributed by atoms with Gasteiger partial charge in [0.05, 0.1) is 17.3 Å². The van der Waals surface area contributed by atoms with Crippen LogP contribution in [0.5, 0.6) is 0 Å². The van der Waals surface area contributed by atoms with Crippen LogP contribution in [-0.2, 0) is 6.42 Å². The summed E-state index contributed by atoms with van der Waals surface area (Å²) in [7, 11) is 0. The third-order valence-corrected chi connectivity index (χ3v) is 4.36. The molecule has 0 N–H and O–H groups in total. The van der Waals surface area contributed by atoms with Gasteiger partial charge in [0.15, 0.2) is 0 Å². The van der Waals surface area contributed by atoms with Crippen LogP contribution in [0.2, 0.25) is 0 Å². The van der Waals surface area contributed by atoms with Gasteiger partial charge in [-0.1, -0.05) is 25.5 Å². The van der Waals surface area contributed by atoms with Gasteiger partial charge in [0, 0.05) is 28.9 Å². The summed E-state index contributed by atoms with van der Waals surface area (Å²) >= 11 is 1.62. The zero-order valence-electron chi connectivity index (χ0n) is 12.3. The molecule has 3 rings (SSSR count). The van der Waals surface area contributed by atoms with Crippen molar-refractivity contribution >= 4 is 11.3 Å². The second kappa shape index (κ2) is 6.50. The van der Waals surface area contributed by atoms with Crippen molar-refractivity contribution in [3.63, 3.8) is 0 Å². The Balaban J connectivity index is 1.95. The van der Waals surface area contributed by atoms with E-state index in [1.165, 1.54) is 5.56 Å². The van der Waals surface area contributed by atoms with Crippen molar-refractivity contribution < 1.29 is 0 Å². The highest BCUT2D eigenvalue weighted by Gasteiger charge is 2.10. The van der Waals surface area contributed by atoms with Crippen LogP contribution in [-0.4, -0.2) is 9.97 Å². The number of pyridine rings is 1. The summed E-state index contributed by atoms with van der Waals surface area (Å²) in [4.78, 5) is 8.98. The topological polar surface area (TPSA) is 49.6 Å². The summed E-state index contributed by atoms with van der Waals surface area (Å²) in [6.07, 6.45) is 5.86. The van der Waals surface area contributed by atoms with E-state index in [0.717, 1.165) is 34.7 Å². The van der Waals surface area contributed by atoms with Gasteiger partial charge >= 0.3 is 0 Å². The first-order chi connectivity index (χ1) is 10.8. The first kappa shape index (κ1) is 14.4. The Hall–Kier alpha value is -2.51. The van der Waals surface area contributed by atoms with Crippen molar-refractivity contribution in [3.8, 4) is 27.9 Å². The lowest BCUT2D eigenvalue weighted by Crippen LogP contribution is -1.91. The molecule has 0 spiro atoms. The van der Waals surface area contributed by atoms with Crippen molar-refractivity contribution in [2.24, 2.45) is 0 Å². The summed E-state index contributed by atoms with van der Waals surface area (Å²) in [6, 6.07) is 11.7. The SMILES string of the molecule is CCCc1ccncc1-c1csc(-c2ccc(C#N)cc2)n1. The second-order valence-corrected chi connectivity index (χ2v) is 5.87. The van der Waals surface area contributed by atoms with Crippen molar-refractivity contribution in [3.05, 3.63) is 59.2 Å². The molecule has 0 fully saturated rings. The maximum Gasteiger partial charge on any atom is 0.124 e. The molecule has 0 radical (unpaired) electrons. The van der Waals surface area contributed by atoms with Crippen molar-refractivity contribution in [1.29, 1.82) is 5.26 Å². The Kier molecular flexibility index (Phi) is 4.27. The van der Waals surface area contributed by atoms with Gasteiger partial charge in [0.1, 0.15) is 5.01 Å². The van der Waals surface area contributed by atoms with Crippen LogP contribution < -0.4 is 0 Å². The average molecular weight is 305 g/mol. The third kappa shape index (κ3) is 2.90. The van der Waals surface area contributed by atoms with E-state index in [9.17, 15) is 0 Å². The molecule has 0 aliphatic carbocycles. The van der Waals surface area contributed by atoms with E-state index >= 15 is 0 Å². The van der Waals surface area contributed by atoms with E-state index in [0.29, 0.717) is 5.56 Å². The molecular formula is C18H15N3S. The van der Waals surface area contributed by atoms with E-state index in [2.05, 4.69) is 29.4 Å². The molecule has 1 aromatic carbocycles. The van der Waals surface area contributed by atoms with Crippen LogP contribution in [0.3, 0.4) is 0 Å². The lowest BCUT2D eigenvalue weighted by molar-refractivity contribution is 0.919. The molecular weight excluding hydrogens is 290 g/mol. The van der Waals surface area contributed by atoms with Gasteiger partial charge in [-0.15, -0.1) is 11.3 Å². The van der Waals surface area contributed by atoms with Crippen LogP contribution in [0.1, 0.15) is 24.5 Å². The number of hydrogen-bond donors (Lipinski definition) is 0. The molecule has 2 aromatic heterocycles. The van der Waals surface area contributed by atoms with Gasteiger partial charge in [-0.05, 0) is 30.2 Å². The Morgan fingerprint density at radius 3 is 2.73 bits per heavy atom. The number of nitriles is 1. The van der Waals surface area contributed by atoms with Crippen molar-refractivity contribution in [1.82, 2.24) is 9.97 Å². The van der Waals surface area contributed by atoms with E-state index in [-0.39, 0.29) is 0 Å². The number of nitrogens with zero attached hydrogens (tertiary/aromatic N) is 3. The molecule has 3 nitrogen and oxygen atoms in total. The van der Waals surface area contributed by atoms with E-state index in [1.807, 2.05) is 36.7 Å². The average Bonchev–Trinajstić information content (AvgIpc) is 3.05. The van der Waals surface area contributed by atoms with Gasteiger partial charge in [0.25, 0.3) is 0 Å². The largest absolute Gasteiger partial charge is 0.264 e. The first-order valence-corrected chi connectivity index (χ1v) is 8.09. The minimum atomic E-state index is 0.665. The van der Waals surface area contributed by atoms with E-state index in [4.69, 9.17) is 10.2 Å². The zero-order chi connectivity index (χ0) is 15.4. The molecule has 0 aliphatic rings. The molecule has 0 aliphatic heterocycles. The monoisotopic (exact) mass is 305 g/mol. The highest BCUT2D eigenvalue weighted by Crippen LogP contribution is 2.30. The predicted octanol–water partition coefficient (Wildman–Crippen LogP) is 4.70. The lowest BCUT2D eigenvalue weighted by atomic mass is 10.0. The minimum absolute atomic E-state index is 0.665. The third-order valence-electron chi connectivity index (χ3n) is 3.47. The van der Waals surface area contributed by atoms with Crippen LogP contribution in [0, 0.1) is 11.3 Å². The van der Waals surface area contributed by atoms with E-state index < -0.39 is 0 Å². The molecule has 22 heavy (non-hydrogen) atoms. The maximum atomic E-state index is 8.86. The Morgan fingerprint density at radius 2 is 2.00 bits per heavy atom. The second-order valence-electron chi connectivity index (χ2n) is 5.01. The van der Waals surface area contributed by atoms with Crippen LogP contribution in [0.25, 0.3) is 21.8 Å². The molecule has 4 heteroatoms. The van der Waals surface area contributed by atoms with Gasteiger partial charge < -0.3 is 0 Å². The summed E-state index contributed by atoms with van der Waals surface area (Å²) in [5, 5.41) is 11.9. The zero-order valence-corrected chi connectivity index (χ0v) is 13.1. The predicted molar refractivity (Wildman–Crippen MR) is 89.5 cm³/mol. The van der Waals surface area contributed by atoms with Gasteiger partial charge in [-0.2, -0.15) is 5.26 Å². The van der Waals surface area contributed by atoms with E-state index in [1.54, 1.807) is 11.3 Å². The Bertz CT molecular complexity index is 813. The van der Waals surface area contributed by atoms with Gasteiger partial charge in [0.2, 0.25) is 0 Å². The summed E-state index contributed by atoms with van der Waals surface area (Å²) < 4.78 is 0. The fourth-order valence-corrected chi connectivity index (χ4v) is 3.18. The molecule has 2 heterocycles. The Labute approximate surface area is 133 Å². The molecule has 108 valence electrons. The molecule has 0 saturated heterocycles. The summed E-state index contributed by atoms with van der Waals surface area (Å²) in [6.45, 7) is 2.17. The number of benzene rings is 1. The fourth-order valence-electron chi connectivity index (χ4n) is 2.36. The molecule has 0 saturated carbocycles. The molecule has 0 amide bonds. The summed E-state index contributed by atoms with van der Waals surface area (Å²) in [5.41, 5.74) is 5.07. The highest BCUT2D eigenvalue weighted by molar-refractivity contribution is 7.13. The first-order valence-electron chi connectivity index (χ1n) is 7.21. The lowest BCUT2D eigenvalue weighted by Gasteiger charge is -2.04. The van der Waals surface area contributed by atoms with Crippen LogP contribution in [0.4, 0.5) is 0 Å². The number of aromatic nitrogens is 2. The van der Waals surface area contributed by atoms with Gasteiger partial charge in [-0.3, -0.25) is 4.98 Å². The van der Waals surface area contributed by atoms with Crippen LogP contribution >= 0.6 is 11.3 Å². The molecule has 0 bridgehead atoms. The number of aryl methyl sites for hydroxylation is 1. The molecule has 0 atom stereocenters. The molecule has 3 aromatic rings. The quantitative estimate of drug-likeness (QED) is 0.702. The fraction of sp³-hybridized carbons (Fsp3) is 0.167. The maximum absolute atomic E-state index is 8.86. The van der Waals surface area contributed by atoms with Crippen molar-refractivity contribution in [2.45, 2.75) is 19.8 Å². The minimum Gasteiger partial charge on any atom is -0.264 e. The normalized spacial score (nSPS) is 10.4. The Morgan fingerprint density at radius 1 is 1.18 bits per heavy atom. The molecule has 0 unspecified atom stereocenters. The van der Waals surface area contributed by atoms with Crippen molar-refractivity contribution in [2.75, 3.05) is 0 Å². The standard InChI is InChI=1S/C18H15N3S/c1-2-3-14-8-9-20-11-16(14)17-12-22-18(21-17)15-6-4-13(10-19)5-7-15/h4-9,11-12H,2-3H2,1H3. The number of rotatable bonds is 4. The van der Waals surface area contributed by atoms with Gasteiger partial charge in [-0.25, -0.2) is 4.98 Å². The number of hydrogen-bond acceptors (Lipinski definition) is 4.